The molecule has 0 unspecified atom stereocenters. The van der Waals surface area contributed by atoms with E-state index in [2.05, 4.69) is 58.8 Å². The minimum absolute atomic E-state index is 0.0528. The average Bonchev–Trinajstić information content (AvgIpc) is 1.92. The lowest BCUT2D eigenvalue weighted by Gasteiger charge is -2.18. The van der Waals surface area contributed by atoms with Crippen LogP contribution in [0.5, 0.6) is 0 Å². The highest BCUT2D eigenvalue weighted by Crippen LogP contribution is 2.24. The fraction of sp³-hybridized carbons (Fsp3) is 0.625. The molecule has 1 rings (SSSR count). The number of rotatable bonds is 0. The normalized spacial score (nSPS) is 11.8. The largest absolute Gasteiger partial charge is 0.134 e. The lowest BCUT2D eigenvalue weighted by atomic mass is 9.92. The van der Waals surface area contributed by atoms with E-state index in [9.17, 15) is 0 Å². The van der Waals surface area contributed by atoms with Crippen LogP contribution in [-0.4, -0.2) is 15.4 Å². The Hall–Kier alpha value is -0.260. The maximum atomic E-state index is 4.04. The number of hydrogen-bond acceptors (Lipinski definition) is 3. The zero-order valence-corrected chi connectivity index (χ0v) is 9.88. The van der Waals surface area contributed by atoms with Gasteiger partial charge in [0.25, 0.3) is 0 Å². The predicted molar refractivity (Wildman–Crippen MR) is 56.0 cm³/mol. The Morgan fingerprint density at radius 3 is 2.17 bits per heavy atom. The first-order valence-corrected chi connectivity index (χ1v) is 4.86. The van der Waals surface area contributed by atoms with E-state index in [1.165, 1.54) is 0 Å². The Bertz CT molecular complexity index is 291. The fourth-order valence-electron chi connectivity index (χ4n) is 0.873. The SMILES string of the molecule is Cc1nnnc(C(C)(C)C)c1I. The molecule has 0 radical (unpaired) electrons. The molecule has 0 N–H and O–H groups in total. The van der Waals surface area contributed by atoms with Crippen molar-refractivity contribution < 1.29 is 0 Å². The summed E-state index contributed by atoms with van der Waals surface area (Å²) >= 11 is 2.27. The molecule has 0 atom stereocenters. The summed E-state index contributed by atoms with van der Waals surface area (Å²) in [5.74, 6) is 0. The van der Waals surface area contributed by atoms with Gasteiger partial charge in [0.05, 0.1) is 15.0 Å². The van der Waals surface area contributed by atoms with Gasteiger partial charge < -0.3 is 0 Å². The van der Waals surface area contributed by atoms with Gasteiger partial charge in [-0.3, -0.25) is 0 Å². The summed E-state index contributed by atoms with van der Waals surface area (Å²) in [4.78, 5) is 0. The second-order valence-electron chi connectivity index (χ2n) is 3.79. The van der Waals surface area contributed by atoms with Gasteiger partial charge in [-0.15, -0.1) is 10.2 Å². The summed E-state index contributed by atoms with van der Waals surface area (Å²) in [6.45, 7) is 8.32. The van der Waals surface area contributed by atoms with Crippen molar-refractivity contribution in [1.29, 1.82) is 0 Å². The van der Waals surface area contributed by atoms with Crippen LogP contribution in [0, 0.1) is 10.5 Å². The predicted octanol–water partition coefficient (Wildman–Crippen LogP) is 2.08. The lowest BCUT2D eigenvalue weighted by molar-refractivity contribution is 0.543. The Morgan fingerprint density at radius 1 is 1.17 bits per heavy atom. The Labute approximate surface area is 86.1 Å². The lowest BCUT2D eigenvalue weighted by Crippen LogP contribution is -2.18. The number of nitrogens with zero attached hydrogens (tertiary/aromatic N) is 3. The van der Waals surface area contributed by atoms with E-state index in [0.717, 1.165) is 15.0 Å². The summed E-state index contributed by atoms with van der Waals surface area (Å²) in [5.41, 5.74) is 2.03. The summed E-state index contributed by atoms with van der Waals surface area (Å²) in [7, 11) is 0. The molecular formula is C8H12IN3. The van der Waals surface area contributed by atoms with Crippen molar-refractivity contribution in [3.05, 3.63) is 15.0 Å². The highest BCUT2D eigenvalue weighted by molar-refractivity contribution is 14.1. The Kier molecular flexibility index (Phi) is 2.65. The fourth-order valence-corrected chi connectivity index (χ4v) is 1.90. The van der Waals surface area contributed by atoms with Crippen LogP contribution in [0.4, 0.5) is 0 Å². The van der Waals surface area contributed by atoms with Gasteiger partial charge >= 0.3 is 0 Å². The highest BCUT2D eigenvalue weighted by atomic mass is 127. The molecule has 0 spiro atoms. The molecule has 66 valence electrons. The molecule has 1 heterocycles. The van der Waals surface area contributed by atoms with Gasteiger partial charge in [0.15, 0.2) is 0 Å². The first kappa shape index (κ1) is 9.83. The van der Waals surface area contributed by atoms with Crippen molar-refractivity contribution >= 4 is 22.6 Å². The van der Waals surface area contributed by atoms with E-state index < -0.39 is 0 Å². The van der Waals surface area contributed by atoms with Crippen LogP contribution in [0.25, 0.3) is 0 Å². The van der Waals surface area contributed by atoms with E-state index in [1.807, 2.05) is 6.92 Å². The first-order chi connectivity index (χ1) is 5.43. The molecule has 1 aromatic rings. The Balaban J connectivity index is 3.26. The van der Waals surface area contributed by atoms with Gasteiger partial charge in [0.2, 0.25) is 0 Å². The van der Waals surface area contributed by atoms with E-state index in [4.69, 9.17) is 0 Å². The van der Waals surface area contributed by atoms with Crippen molar-refractivity contribution in [2.75, 3.05) is 0 Å². The number of aryl methyl sites for hydroxylation is 1. The molecule has 0 saturated heterocycles. The zero-order valence-electron chi connectivity index (χ0n) is 7.72. The zero-order chi connectivity index (χ0) is 9.35. The Morgan fingerprint density at radius 2 is 1.75 bits per heavy atom. The van der Waals surface area contributed by atoms with E-state index in [0.29, 0.717) is 0 Å². The standard InChI is InChI=1S/C8H12IN3/c1-5-6(9)7(8(2,3)4)11-12-10-5/h1-4H3. The number of aromatic nitrogens is 3. The summed E-state index contributed by atoms with van der Waals surface area (Å²) < 4.78 is 1.12. The summed E-state index contributed by atoms with van der Waals surface area (Å²) in [6, 6.07) is 0. The van der Waals surface area contributed by atoms with Crippen molar-refractivity contribution in [2.24, 2.45) is 0 Å². The second-order valence-corrected chi connectivity index (χ2v) is 4.87. The third-order valence-electron chi connectivity index (χ3n) is 1.58. The molecule has 4 heteroatoms. The van der Waals surface area contributed by atoms with Gasteiger partial charge in [0.1, 0.15) is 0 Å². The van der Waals surface area contributed by atoms with Gasteiger partial charge in [-0.2, -0.15) is 0 Å². The van der Waals surface area contributed by atoms with Gasteiger partial charge in [0, 0.05) is 5.41 Å². The van der Waals surface area contributed by atoms with Crippen LogP contribution in [0.3, 0.4) is 0 Å². The highest BCUT2D eigenvalue weighted by Gasteiger charge is 2.20. The molecule has 0 aliphatic heterocycles. The minimum atomic E-state index is 0.0528. The molecule has 0 bridgehead atoms. The second kappa shape index (κ2) is 3.24. The van der Waals surface area contributed by atoms with Crippen LogP contribution in [0.1, 0.15) is 32.2 Å². The quantitative estimate of drug-likeness (QED) is 0.681. The minimum Gasteiger partial charge on any atom is -0.134 e. The maximum absolute atomic E-state index is 4.04. The third kappa shape index (κ3) is 1.91. The average molecular weight is 277 g/mol. The van der Waals surface area contributed by atoms with Crippen molar-refractivity contribution in [3.63, 3.8) is 0 Å². The first-order valence-electron chi connectivity index (χ1n) is 3.79. The van der Waals surface area contributed by atoms with Gasteiger partial charge in [-0.1, -0.05) is 20.8 Å². The molecule has 0 amide bonds. The molecule has 0 aliphatic carbocycles. The van der Waals surface area contributed by atoms with E-state index >= 15 is 0 Å². The summed E-state index contributed by atoms with van der Waals surface area (Å²) in [6.07, 6.45) is 0. The molecule has 0 fully saturated rings. The summed E-state index contributed by atoms with van der Waals surface area (Å²) in [5, 5.41) is 11.6. The van der Waals surface area contributed by atoms with Crippen LogP contribution in [0.2, 0.25) is 0 Å². The van der Waals surface area contributed by atoms with E-state index in [-0.39, 0.29) is 5.41 Å². The molecule has 1 aromatic heterocycles. The topological polar surface area (TPSA) is 38.7 Å². The van der Waals surface area contributed by atoms with Crippen LogP contribution in [-0.2, 0) is 5.41 Å². The molecule has 0 aliphatic rings. The number of halogens is 1. The smallest absolute Gasteiger partial charge is 0.0854 e. The monoisotopic (exact) mass is 277 g/mol. The van der Waals surface area contributed by atoms with Crippen molar-refractivity contribution in [3.8, 4) is 0 Å². The molecular weight excluding hydrogens is 265 g/mol. The molecule has 12 heavy (non-hydrogen) atoms. The van der Waals surface area contributed by atoms with Crippen molar-refractivity contribution in [1.82, 2.24) is 15.4 Å². The van der Waals surface area contributed by atoms with E-state index in [1.54, 1.807) is 0 Å². The number of hydrogen-bond donors (Lipinski definition) is 0. The van der Waals surface area contributed by atoms with Gasteiger partial charge in [-0.05, 0) is 34.7 Å². The third-order valence-corrected chi connectivity index (χ3v) is 2.87. The maximum Gasteiger partial charge on any atom is 0.0854 e. The molecule has 3 nitrogen and oxygen atoms in total. The van der Waals surface area contributed by atoms with Crippen molar-refractivity contribution in [2.45, 2.75) is 33.1 Å². The van der Waals surface area contributed by atoms with Crippen LogP contribution in [0.15, 0.2) is 0 Å². The molecule has 0 saturated carbocycles. The van der Waals surface area contributed by atoms with Gasteiger partial charge in [-0.25, -0.2) is 0 Å². The van der Waals surface area contributed by atoms with Crippen LogP contribution >= 0.6 is 22.6 Å². The molecule has 0 aromatic carbocycles. The van der Waals surface area contributed by atoms with Crippen LogP contribution < -0.4 is 0 Å².